The van der Waals surface area contributed by atoms with Crippen LogP contribution in [0, 0.1) is 0 Å². The number of para-hydroxylation sites is 1. The zero-order valence-corrected chi connectivity index (χ0v) is 41.7. The maximum Gasteiger partial charge on any atom is 0.413 e. The Morgan fingerprint density at radius 2 is 1.26 bits per heavy atom. The van der Waals surface area contributed by atoms with Gasteiger partial charge in [-0.3, -0.25) is 19.5 Å². The van der Waals surface area contributed by atoms with E-state index in [0.29, 0.717) is 33.9 Å². The largest absolute Gasteiger partial charge is 0.542 e. The van der Waals surface area contributed by atoms with Crippen LogP contribution in [0.4, 0.5) is 10.6 Å². The van der Waals surface area contributed by atoms with Gasteiger partial charge in [-0.2, -0.15) is 0 Å². The Bertz CT molecular complexity index is 2630. The lowest BCUT2D eigenvalue weighted by Gasteiger charge is -2.42. The van der Waals surface area contributed by atoms with E-state index in [1.807, 2.05) is 103 Å². The van der Waals surface area contributed by atoms with Crippen molar-refractivity contribution in [2.24, 2.45) is 0 Å². The number of esters is 2. The molecule has 0 aliphatic carbocycles. The summed E-state index contributed by atoms with van der Waals surface area (Å²) in [6.07, 6.45) is -2.62. The van der Waals surface area contributed by atoms with Crippen LogP contribution < -0.4 is 19.2 Å². The van der Waals surface area contributed by atoms with Gasteiger partial charge >= 0.3 is 18.0 Å². The minimum atomic E-state index is -2.31. The third-order valence-electron chi connectivity index (χ3n) is 12.7. The normalized spacial score (nSPS) is 17.2. The molecule has 3 heterocycles. The van der Waals surface area contributed by atoms with E-state index in [-0.39, 0.29) is 30.2 Å². The number of anilines is 1. The van der Waals surface area contributed by atoms with Crippen molar-refractivity contribution in [1.82, 2.24) is 19.5 Å². The lowest BCUT2D eigenvalue weighted by Crippen LogP contribution is -2.50. The molecule has 1 aliphatic heterocycles. The fraction of sp³-hybridized carbons (Fsp3) is 0.385. The maximum absolute atomic E-state index is 13.5. The van der Waals surface area contributed by atoms with Gasteiger partial charge in [0.05, 0.1) is 27.2 Å². The van der Waals surface area contributed by atoms with E-state index in [2.05, 4.69) is 61.8 Å². The van der Waals surface area contributed by atoms with Crippen LogP contribution >= 0.6 is 0 Å². The summed E-state index contributed by atoms with van der Waals surface area (Å²) in [5.74, 6) is 0.769. The van der Waals surface area contributed by atoms with E-state index in [1.165, 1.54) is 31.1 Å². The Balaban J connectivity index is 1.19. The fourth-order valence-electron chi connectivity index (χ4n) is 9.67. The predicted octanol–water partition coefficient (Wildman–Crippen LogP) is 9.92. The molecule has 16 nitrogen and oxygen atoms in total. The molecule has 0 spiro atoms. The zero-order valence-electron chi connectivity index (χ0n) is 40.7. The first kappa shape index (κ1) is 50.1. The number of hydrogen-bond donors (Lipinski definition) is 1. The number of carbonyl (C=O) groups excluding carboxylic acids is 3. The Kier molecular flexibility index (Phi) is 15.7. The molecule has 364 valence electrons. The minimum absolute atomic E-state index is 0.0595. The van der Waals surface area contributed by atoms with Crippen molar-refractivity contribution in [1.29, 1.82) is 0 Å². The first-order chi connectivity index (χ1) is 33.1. The molecule has 1 fully saturated rings. The summed E-state index contributed by atoms with van der Waals surface area (Å²) in [7, 11) is 0.883. The van der Waals surface area contributed by atoms with Gasteiger partial charge in [-0.25, -0.2) is 19.7 Å². The van der Waals surface area contributed by atoms with E-state index in [1.54, 1.807) is 14.2 Å². The second-order valence-corrected chi connectivity index (χ2v) is 23.2. The van der Waals surface area contributed by atoms with Crippen LogP contribution in [0.25, 0.3) is 11.2 Å². The van der Waals surface area contributed by atoms with Gasteiger partial charge in [-0.05, 0) is 63.6 Å². The molecule has 1 aliphatic rings. The van der Waals surface area contributed by atoms with E-state index in [9.17, 15) is 14.4 Å². The molecule has 1 N–H and O–H groups in total. The van der Waals surface area contributed by atoms with Crippen molar-refractivity contribution in [3.05, 3.63) is 138 Å². The number of aromatic nitrogens is 4. The molecule has 2 aromatic heterocycles. The summed E-state index contributed by atoms with van der Waals surface area (Å²) < 4.78 is 51.0. The summed E-state index contributed by atoms with van der Waals surface area (Å²) in [6.45, 7) is 15.6. The van der Waals surface area contributed by atoms with E-state index < -0.39 is 56.5 Å². The standard InChI is InChI=1S/C52H61N5O11Si/c1-32(2)69(33(3)4,34(5)6)68-43-19-15-14-16-37(43)28-63-51(60)56-48-45-49(54-30-53-48)57(31-55-45)50-47(66-36(8)59)46(65-35(7)58)44(67-50)29-64-52(38-17-12-11-13-18-38,39-20-24-41(61-9)25-21-39)40-22-26-42(62-10)27-23-40/h11-27,30-34,44,46-47,50H,28-29H2,1-10H3,(H,53,54,56,60)/t44-,46-,47-,50-/m1/s1. The van der Waals surface area contributed by atoms with Gasteiger partial charge in [0.25, 0.3) is 8.32 Å². The number of benzene rings is 4. The highest BCUT2D eigenvalue weighted by Crippen LogP contribution is 2.45. The van der Waals surface area contributed by atoms with Crippen LogP contribution in [0.1, 0.15) is 83.9 Å². The topological polar surface area (TPSA) is 181 Å². The number of imidazole rings is 1. The van der Waals surface area contributed by atoms with Gasteiger partial charge in [0, 0.05) is 19.4 Å². The molecule has 0 unspecified atom stereocenters. The molecule has 1 saturated heterocycles. The number of hydrogen-bond acceptors (Lipinski definition) is 14. The Morgan fingerprint density at radius 3 is 1.83 bits per heavy atom. The number of nitrogens with zero attached hydrogens (tertiary/aromatic N) is 4. The number of methoxy groups -OCH3 is 2. The SMILES string of the molecule is COc1ccc(C(OC[C@H]2O[C@@H](n3cnc4c(NC(=O)OCc5ccccc5O[Si](C(C)C)(C(C)C)C(C)C)ncnc43)[C@H](OC(C)=O)[C@@H]2OC(C)=O)(c2ccccc2)c2ccc(OC)cc2)cc1. The maximum atomic E-state index is 13.5. The highest BCUT2D eigenvalue weighted by molar-refractivity contribution is 6.78. The molecule has 0 radical (unpaired) electrons. The van der Waals surface area contributed by atoms with Gasteiger partial charge in [0.1, 0.15) is 41.9 Å². The second-order valence-electron chi connectivity index (χ2n) is 17.8. The van der Waals surface area contributed by atoms with Crippen LogP contribution in [-0.2, 0) is 45.5 Å². The van der Waals surface area contributed by atoms with Gasteiger partial charge in [0.2, 0.25) is 0 Å². The van der Waals surface area contributed by atoms with Crippen LogP contribution in [0.15, 0.2) is 116 Å². The van der Waals surface area contributed by atoms with Crippen LogP contribution in [0.3, 0.4) is 0 Å². The molecular weight excluding hydrogens is 899 g/mol. The Hall–Kier alpha value is -6.82. The number of fused-ring (bicyclic) bond motifs is 1. The Morgan fingerprint density at radius 1 is 0.710 bits per heavy atom. The predicted molar refractivity (Wildman–Crippen MR) is 261 cm³/mol. The fourth-order valence-corrected chi connectivity index (χ4v) is 15.0. The lowest BCUT2D eigenvalue weighted by atomic mass is 9.80. The number of nitrogens with one attached hydrogen (secondary N) is 1. The molecule has 17 heteroatoms. The molecule has 0 bridgehead atoms. The highest BCUT2D eigenvalue weighted by Gasteiger charge is 2.52. The van der Waals surface area contributed by atoms with Crippen LogP contribution in [0.2, 0.25) is 16.6 Å². The monoisotopic (exact) mass is 959 g/mol. The van der Waals surface area contributed by atoms with Gasteiger partial charge in [0.15, 0.2) is 35.4 Å². The quantitative estimate of drug-likeness (QED) is 0.0351. The van der Waals surface area contributed by atoms with Gasteiger partial charge in [-0.15, -0.1) is 0 Å². The summed E-state index contributed by atoms with van der Waals surface area (Å²) in [5, 5.41) is 2.72. The van der Waals surface area contributed by atoms with Crippen molar-refractivity contribution in [2.45, 2.75) is 109 Å². The van der Waals surface area contributed by atoms with Crippen LogP contribution in [0.5, 0.6) is 17.2 Å². The second kappa shape index (κ2) is 21.6. The third kappa shape index (κ3) is 10.5. The summed E-state index contributed by atoms with van der Waals surface area (Å²) in [4.78, 5) is 52.5. The van der Waals surface area contributed by atoms with Gasteiger partial charge < -0.3 is 37.6 Å². The molecule has 1 amide bonds. The van der Waals surface area contributed by atoms with Crippen molar-refractivity contribution >= 4 is 43.3 Å². The number of amides is 1. The first-order valence-corrected chi connectivity index (χ1v) is 25.1. The molecule has 6 aromatic rings. The summed E-state index contributed by atoms with van der Waals surface area (Å²) in [6, 6.07) is 32.4. The highest BCUT2D eigenvalue weighted by atomic mass is 28.4. The average molecular weight is 960 g/mol. The molecule has 4 aromatic carbocycles. The third-order valence-corrected chi connectivity index (χ3v) is 18.7. The molecule has 69 heavy (non-hydrogen) atoms. The van der Waals surface area contributed by atoms with E-state index in [0.717, 1.165) is 22.3 Å². The minimum Gasteiger partial charge on any atom is -0.542 e. The van der Waals surface area contributed by atoms with Crippen molar-refractivity contribution in [2.75, 3.05) is 26.1 Å². The first-order valence-electron chi connectivity index (χ1n) is 23.0. The number of carbonyl (C=O) groups is 3. The average Bonchev–Trinajstić information content (AvgIpc) is 3.91. The lowest BCUT2D eigenvalue weighted by molar-refractivity contribution is -0.166. The van der Waals surface area contributed by atoms with E-state index >= 15 is 0 Å². The molecule has 0 saturated carbocycles. The van der Waals surface area contributed by atoms with E-state index in [4.69, 9.17) is 37.6 Å². The molecule has 4 atom stereocenters. The van der Waals surface area contributed by atoms with Gasteiger partial charge in [-0.1, -0.05) is 114 Å². The molecule has 7 rings (SSSR count). The zero-order chi connectivity index (χ0) is 49.5. The van der Waals surface area contributed by atoms with Crippen molar-refractivity contribution in [3.63, 3.8) is 0 Å². The summed E-state index contributed by atoms with van der Waals surface area (Å²) >= 11 is 0. The van der Waals surface area contributed by atoms with Crippen molar-refractivity contribution in [3.8, 4) is 17.2 Å². The molecular formula is C52H61N5O11Si. The van der Waals surface area contributed by atoms with Crippen LogP contribution in [-0.4, -0.2) is 85.0 Å². The number of rotatable bonds is 19. The van der Waals surface area contributed by atoms with Crippen molar-refractivity contribution < 1.29 is 52.0 Å². The number of ether oxygens (including phenoxy) is 7. The summed E-state index contributed by atoms with van der Waals surface area (Å²) in [5.41, 5.74) is 3.21. The smallest absolute Gasteiger partial charge is 0.413 e. The Labute approximate surface area is 403 Å².